The van der Waals surface area contributed by atoms with E-state index in [1.165, 1.54) is 12.1 Å². The van der Waals surface area contributed by atoms with Gasteiger partial charge in [0.2, 0.25) is 0 Å². The molecule has 0 amide bonds. The summed E-state index contributed by atoms with van der Waals surface area (Å²) in [4.78, 5) is 11.1. The van der Waals surface area contributed by atoms with Crippen LogP contribution >= 0.6 is 0 Å². The highest BCUT2D eigenvalue weighted by Crippen LogP contribution is 2.08. The zero-order valence-corrected chi connectivity index (χ0v) is 15.1. The summed E-state index contributed by atoms with van der Waals surface area (Å²) in [5, 5.41) is 0. The van der Waals surface area contributed by atoms with Crippen LogP contribution < -0.4 is 5.73 Å². The van der Waals surface area contributed by atoms with Crippen molar-refractivity contribution in [3.05, 3.63) is 65.7 Å². The van der Waals surface area contributed by atoms with Gasteiger partial charge in [-0.3, -0.25) is 9.35 Å². The Morgan fingerprint density at radius 3 is 2.16 bits per heavy atom. The topological polar surface area (TPSA) is 107 Å². The Bertz CT molecular complexity index is 756. The Hall–Kier alpha value is -2.22. The third-order valence-electron chi connectivity index (χ3n) is 3.05. The zero-order valence-electron chi connectivity index (χ0n) is 14.3. The zero-order chi connectivity index (χ0) is 18.9. The second-order valence-corrected chi connectivity index (χ2v) is 7.04. The molecule has 6 nitrogen and oxygen atoms in total. The van der Waals surface area contributed by atoms with E-state index in [1.54, 1.807) is 19.1 Å². The molecule has 2 rings (SSSR count). The van der Waals surface area contributed by atoms with Crippen LogP contribution in [0, 0.1) is 6.92 Å². The van der Waals surface area contributed by atoms with Crippen molar-refractivity contribution in [2.24, 2.45) is 5.73 Å². The van der Waals surface area contributed by atoms with Crippen molar-refractivity contribution in [2.45, 2.75) is 37.8 Å². The predicted molar refractivity (Wildman–Crippen MR) is 95.5 cm³/mol. The molecule has 2 aromatic carbocycles. The molecule has 0 radical (unpaired) electrons. The van der Waals surface area contributed by atoms with Crippen molar-refractivity contribution in [3.63, 3.8) is 0 Å². The molecule has 2 aromatic rings. The molecule has 0 spiro atoms. The molecule has 1 atom stereocenters. The minimum atomic E-state index is -4.02. The molecule has 136 valence electrons. The smallest absolute Gasteiger partial charge is 0.307 e. The molecule has 7 heteroatoms. The van der Waals surface area contributed by atoms with Crippen LogP contribution in [0.25, 0.3) is 0 Å². The first-order valence-corrected chi connectivity index (χ1v) is 9.12. The van der Waals surface area contributed by atoms with Gasteiger partial charge in [-0.05, 0) is 31.5 Å². The highest BCUT2D eigenvalue weighted by molar-refractivity contribution is 7.85. The Kier molecular flexibility index (Phi) is 8.27. The Labute approximate surface area is 148 Å². The summed E-state index contributed by atoms with van der Waals surface area (Å²) in [7, 11) is -4.02. The van der Waals surface area contributed by atoms with Crippen LogP contribution in [0.5, 0.6) is 0 Å². The summed E-state index contributed by atoms with van der Waals surface area (Å²) in [6.07, 6.45) is 0.271. The maximum Gasteiger partial charge on any atom is 0.307 e. The van der Waals surface area contributed by atoms with Crippen molar-refractivity contribution < 1.29 is 22.5 Å². The van der Waals surface area contributed by atoms with Gasteiger partial charge in [-0.1, -0.05) is 48.0 Å². The number of carbonyl (C=O) groups excluding carboxylic acids is 1. The fourth-order valence-electron chi connectivity index (χ4n) is 1.77. The maximum atomic E-state index is 11.1. The van der Waals surface area contributed by atoms with E-state index >= 15 is 0 Å². The first-order valence-electron chi connectivity index (χ1n) is 7.68. The second-order valence-electron chi connectivity index (χ2n) is 5.62. The summed E-state index contributed by atoms with van der Waals surface area (Å²) in [5.41, 5.74) is 7.41. The van der Waals surface area contributed by atoms with Gasteiger partial charge in [0.25, 0.3) is 10.1 Å². The van der Waals surface area contributed by atoms with E-state index in [2.05, 4.69) is 0 Å². The predicted octanol–water partition coefficient (Wildman–Crippen LogP) is 2.71. The number of aryl methyl sites for hydroxylation is 1. The normalized spacial score (nSPS) is 11.8. The lowest BCUT2D eigenvalue weighted by molar-refractivity contribution is -0.145. The fraction of sp³-hybridized carbons (Fsp3) is 0.278. The molecule has 0 aliphatic rings. The van der Waals surface area contributed by atoms with Gasteiger partial charge in [-0.2, -0.15) is 8.42 Å². The molecule has 0 saturated heterocycles. The third-order valence-corrected chi connectivity index (χ3v) is 3.92. The Morgan fingerprint density at radius 2 is 1.68 bits per heavy atom. The number of carbonyl (C=O) groups is 1. The lowest BCUT2D eigenvalue weighted by Gasteiger charge is -2.06. The minimum Gasteiger partial charge on any atom is -0.461 e. The van der Waals surface area contributed by atoms with Crippen LogP contribution in [-0.2, 0) is 26.3 Å². The molecule has 0 aromatic heterocycles. The molecule has 1 unspecified atom stereocenters. The standard InChI is InChI=1S/C11H15NO2.C7H8O3S/c1-9(12)7-11(13)14-8-10-5-3-2-4-6-10;1-6-2-4-7(5-3-6)11(8,9)10/h2-6,9H,7-8,12H2,1H3;2-5H,1H3,(H,8,9,10). The monoisotopic (exact) mass is 365 g/mol. The van der Waals surface area contributed by atoms with E-state index in [0.29, 0.717) is 6.61 Å². The number of ether oxygens (including phenoxy) is 1. The maximum absolute atomic E-state index is 11.1. The van der Waals surface area contributed by atoms with Gasteiger partial charge in [0.1, 0.15) is 6.61 Å². The van der Waals surface area contributed by atoms with Crippen molar-refractivity contribution >= 4 is 16.1 Å². The lowest BCUT2D eigenvalue weighted by Crippen LogP contribution is -2.20. The van der Waals surface area contributed by atoms with Crippen molar-refractivity contribution in [1.82, 2.24) is 0 Å². The van der Waals surface area contributed by atoms with Crippen molar-refractivity contribution in [3.8, 4) is 0 Å². The number of hydrogen-bond donors (Lipinski definition) is 2. The van der Waals surface area contributed by atoms with Crippen LogP contribution in [0.2, 0.25) is 0 Å². The van der Waals surface area contributed by atoms with Gasteiger partial charge < -0.3 is 10.5 Å². The number of rotatable bonds is 5. The van der Waals surface area contributed by atoms with Crippen LogP contribution in [0.3, 0.4) is 0 Å². The van der Waals surface area contributed by atoms with E-state index in [4.69, 9.17) is 15.0 Å². The Morgan fingerprint density at radius 1 is 1.12 bits per heavy atom. The molecule has 0 bridgehead atoms. The van der Waals surface area contributed by atoms with Gasteiger partial charge in [0, 0.05) is 6.04 Å². The Balaban J connectivity index is 0.000000257. The minimum absolute atomic E-state index is 0.0666. The number of hydrogen-bond acceptors (Lipinski definition) is 5. The number of nitrogens with two attached hydrogens (primary N) is 1. The van der Waals surface area contributed by atoms with Gasteiger partial charge in [0.05, 0.1) is 11.3 Å². The van der Waals surface area contributed by atoms with Gasteiger partial charge in [0.15, 0.2) is 0 Å². The van der Waals surface area contributed by atoms with Crippen LogP contribution in [0.4, 0.5) is 0 Å². The molecule has 3 N–H and O–H groups in total. The van der Waals surface area contributed by atoms with Crippen LogP contribution in [-0.4, -0.2) is 25.0 Å². The summed E-state index contributed by atoms with van der Waals surface area (Å²) in [6.45, 7) is 3.95. The van der Waals surface area contributed by atoms with Crippen LogP contribution in [0.15, 0.2) is 59.5 Å². The van der Waals surface area contributed by atoms with E-state index in [1.807, 2.05) is 37.3 Å². The van der Waals surface area contributed by atoms with E-state index in [9.17, 15) is 13.2 Å². The highest BCUT2D eigenvalue weighted by Gasteiger charge is 2.07. The molecule has 0 aliphatic heterocycles. The molecular weight excluding hydrogens is 342 g/mol. The molecule has 0 aliphatic carbocycles. The first kappa shape index (κ1) is 20.8. The van der Waals surface area contributed by atoms with Gasteiger partial charge in [-0.25, -0.2) is 0 Å². The first-order chi connectivity index (χ1) is 11.7. The molecule has 0 heterocycles. The van der Waals surface area contributed by atoms with Crippen molar-refractivity contribution in [1.29, 1.82) is 0 Å². The van der Waals surface area contributed by atoms with E-state index in [-0.39, 0.29) is 23.3 Å². The highest BCUT2D eigenvalue weighted by atomic mass is 32.2. The molecule has 0 fully saturated rings. The summed E-state index contributed by atoms with van der Waals surface area (Å²) in [5.74, 6) is -0.246. The molecular formula is C18H23NO5S. The molecule has 25 heavy (non-hydrogen) atoms. The van der Waals surface area contributed by atoms with Gasteiger partial charge >= 0.3 is 5.97 Å². The third kappa shape index (κ3) is 8.99. The average Bonchev–Trinajstić information content (AvgIpc) is 2.53. The van der Waals surface area contributed by atoms with Gasteiger partial charge in [-0.15, -0.1) is 0 Å². The lowest BCUT2D eigenvalue weighted by atomic mass is 10.2. The summed E-state index contributed by atoms with van der Waals surface area (Å²) >= 11 is 0. The summed E-state index contributed by atoms with van der Waals surface area (Å²) in [6, 6.07) is 15.4. The second kappa shape index (κ2) is 9.93. The van der Waals surface area contributed by atoms with Crippen LogP contribution in [0.1, 0.15) is 24.5 Å². The average molecular weight is 365 g/mol. The molecule has 0 saturated carbocycles. The largest absolute Gasteiger partial charge is 0.461 e. The van der Waals surface area contributed by atoms with E-state index < -0.39 is 10.1 Å². The van der Waals surface area contributed by atoms with Crippen molar-refractivity contribution in [2.75, 3.05) is 0 Å². The summed E-state index contributed by atoms with van der Waals surface area (Å²) < 4.78 is 34.6. The number of esters is 1. The SMILES string of the molecule is CC(N)CC(=O)OCc1ccccc1.Cc1ccc(S(=O)(=O)O)cc1. The number of benzene rings is 2. The fourth-order valence-corrected chi connectivity index (χ4v) is 2.25. The quantitative estimate of drug-likeness (QED) is 0.623. The van der Waals surface area contributed by atoms with E-state index in [0.717, 1.165) is 11.1 Å².